The van der Waals surface area contributed by atoms with E-state index in [9.17, 15) is 63.7 Å². The van der Waals surface area contributed by atoms with Gasteiger partial charge in [0.2, 0.25) is 6.29 Å². The van der Waals surface area contributed by atoms with Crippen molar-refractivity contribution >= 4 is 16.1 Å². The maximum absolute atomic E-state index is 14.8. The van der Waals surface area contributed by atoms with Crippen LogP contribution in [0.4, 0.5) is 0 Å². The van der Waals surface area contributed by atoms with E-state index in [0.717, 1.165) is 5.57 Å². The third-order valence-corrected chi connectivity index (χ3v) is 19.1. The van der Waals surface area contributed by atoms with Crippen LogP contribution in [0.1, 0.15) is 99.3 Å². The van der Waals surface area contributed by atoms with Crippen molar-refractivity contribution in [1.29, 1.82) is 0 Å². The SMILES string of the molecule is CC1(C)CC[C@]2(C(=O)O[C@@H]3O[C@H](CO[C@@H]4O[C@H](CO)[C@@H](O)[C@H](O)[C@H]4O)[C@@H](O)[C@H](O)[C@H]3O)CC[C@]3(C)C(=CC[C@@H]4[C@@]5(C)C[C@@H](O)[C@H](S(=O)(=O)O)[C@@](C)(CO)[C@@H]5CC[C@]43C)[C@@H]2C1. The predicted octanol–water partition coefficient (Wildman–Crippen LogP) is 0.155. The molecule has 6 fully saturated rings. The van der Waals surface area contributed by atoms with Crippen LogP contribution in [-0.4, -0.2) is 157 Å². The molecular weight excluding hydrogens is 809 g/mol. The number of fused-ring (bicyclic) bond motifs is 7. The van der Waals surface area contributed by atoms with Gasteiger partial charge in [-0.3, -0.25) is 9.35 Å². The fraction of sp³-hybridized carbons (Fsp3) is 0.929. The van der Waals surface area contributed by atoms with Gasteiger partial charge in [-0.25, -0.2) is 0 Å². The van der Waals surface area contributed by atoms with Crippen molar-refractivity contribution in [2.45, 2.75) is 172 Å². The molecule has 10 N–H and O–H groups in total. The predicted molar refractivity (Wildman–Crippen MR) is 210 cm³/mol. The number of rotatable bonds is 8. The van der Waals surface area contributed by atoms with Crippen LogP contribution < -0.4 is 0 Å². The zero-order valence-electron chi connectivity index (χ0n) is 35.5. The topological polar surface area (TPSA) is 290 Å². The smallest absolute Gasteiger partial charge is 0.315 e. The number of hydrogen-bond donors (Lipinski definition) is 10. The Bertz CT molecular complexity index is 1770. The largest absolute Gasteiger partial charge is 0.432 e. The molecule has 7 aliphatic rings. The van der Waals surface area contributed by atoms with Crippen LogP contribution in [0.5, 0.6) is 0 Å². The summed E-state index contributed by atoms with van der Waals surface area (Å²) in [6.45, 7) is 10.8. The number of allylic oxidation sites excluding steroid dienone is 2. The van der Waals surface area contributed by atoms with Crippen LogP contribution in [0, 0.1) is 50.2 Å². The van der Waals surface area contributed by atoms with Crippen LogP contribution in [0.15, 0.2) is 11.6 Å². The zero-order valence-corrected chi connectivity index (χ0v) is 36.3. The van der Waals surface area contributed by atoms with Gasteiger partial charge in [0.25, 0.3) is 10.1 Å². The molecule has 18 heteroatoms. The minimum atomic E-state index is -4.69. The van der Waals surface area contributed by atoms with Crippen LogP contribution in [-0.2, 0) is 33.9 Å². The number of hydrogen-bond acceptors (Lipinski definition) is 16. The summed E-state index contributed by atoms with van der Waals surface area (Å²) in [4.78, 5) is 14.8. The first-order chi connectivity index (χ1) is 27.8. The molecule has 7 rings (SSSR count). The van der Waals surface area contributed by atoms with Crippen molar-refractivity contribution in [3.63, 3.8) is 0 Å². The third kappa shape index (κ3) is 6.97. The molecule has 0 unspecified atom stereocenters. The van der Waals surface area contributed by atoms with Gasteiger partial charge in [-0.2, -0.15) is 8.42 Å². The molecule has 5 aliphatic carbocycles. The Morgan fingerprint density at radius 1 is 0.767 bits per heavy atom. The highest BCUT2D eigenvalue weighted by Gasteiger charge is 2.72. The molecule has 0 radical (unpaired) electrons. The van der Waals surface area contributed by atoms with Gasteiger partial charge in [-0.1, -0.05) is 53.2 Å². The van der Waals surface area contributed by atoms with Crippen molar-refractivity contribution in [1.82, 2.24) is 0 Å². The second-order valence-corrected chi connectivity index (χ2v) is 22.7. The average molecular weight is 877 g/mol. The van der Waals surface area contributed by atoms with E-state index in [1.165, 1.54) is 0 Å². The molecule has 2 heterocycles. The lowest BCUT2D eigenvalue weighted by Gasteiger charge is -2.71. The van der Waals surface area contributed by atoms with Crippen LogP contribution in [0.2, 0.25) is 0 Å². The Balaban J connectivity index is 1.15. The molecular formula is C42H68O17S. The number of esters is 1. The second kappa shape index (κ2) is 15.7. The summed E-state index contributed by atoms with van der Waals surface area (Å²) in [5.74, 6) is -1.23. The summed E-state index contributed by atoms with van der Waals surface area (Å²) in [6, 6.07) is 0. The van der Waals surface area contributed by atoms with Gasteiger partial charge >= 0.3 is 5.97 Å². The summed E-state index contributed by atoms with van der Waals surface area (Å²) >= 11 is 0. The monoisotopic (exact) mass is 876 g/mol. The summed E-state index contributed by atoms with van der Waals surface area (Å²) < 4.78 is 58.6. The number of aliphatic hydroxyl groups excluding tert-OH is 9. The molecule has 17 nitrogen and oxygen atoms in total. The van der Waals surface area contributed by atoms with E-state index in [1.807, 2.05) is 0 Å². The summed E-state index contributed by atoms with van der Waals surface area (Å²) in [5, 5.41) is 93.9. The zero-order chi connectivity index (χ0) is 44.3. The molecule has 0 bridgehead atoms. The molecule has 4 saturated carbocycles. The van der Waals surface area contributed by atoms with Crippen molar-refractivity contribution < 1.29 is 82.7 Å². The van der Waals surface area contributed by atoms with Gasteiger partial charge in [-0.05, 0) is 97.2 Å². The fourth-order valence-electron chi connectivity index (χ4n) is 14.0. The summed E-state index contributed by atoms with van der Waals surface area (Å²) in [6.07, 6.45) is -10.7. The first-order valence-electron chi connectivity index (χ1n) is 21.5. The normalized spacial score (nSPS) is 52.8. The maximum atomic E-state index is 14.8. The van der Waals surface area contributed by atoms with Crippen molar-refractivity contribution in [2.75, 3.05) is 19.8 Å². The molecule has 344 valence electrons. The van der Waals surface area contributed by atoms with Crippen LogP contribution >= 0.6 is 0 Å². The Morgan fingerprint density at radius 2 is 1.37 bits per heavy atom. The molecule has 0 aromatic heterocycles. The standard InChI is InChI=1S/C42H68O17S/c1-37(2)11-13-42(36(52)59-35-32(51)30(49)28(47)24(58-35)18-56-34-31(50)29(48)27(46)23(17-43)57-34)14-12-40(5)20(21(42)15-37)7-8-26-38(3)16-22(45)33(60(53,54)55)39(4,19-44)25(38)9-10-41(26,40)6/h7,21-35,43-51H,8-19H2,1-6H3,(H,53,54,55)/t21-,22+,23+,24+,25+,26+,27+,28+,29-,30-,31+,32+,33-,34+,35-,38-,39-,40+,41+,42-/m0/s1. The quantitative estimate of drug-likeness (QED) is 0.0883. The highest BCUT2D eigenvalue weighted by atomic mass is 32.2. The fourth-order valence-corrected chi connectivity index (χ4v) is 15.5. The minimum Gasteiger partial charge on any atom is -0.432 e. The molecule has 0 spiro atoms. The van der Waals surface area contributed by atoms with Crippen molar-refractivity contribution in [2.24, 2.45) is 50.2 Å². The Hall–Kier alpha value is -1.36. The minimum absolute atomic E-state index is 0.0303. The lowest BCUT2D eigenvalue weighted by Crippen LogP contribution is -2.69. The van der Waals surface area contributed by atoms with Gasteiger partial charge in [0.05, 0.1) is 31.3 Å². The first-order valence-corrected chi connectivity index (χ1v) is 23.1. The van der Waals surface area contributed by atoms with E-state index < -0.39 is 130 Å². The second-order valence-electron chi connectivity index (χ2n) is 21.2. The number of carbonyl (C=O) groups excluding carboxylic acids is 1. The third-order valence-electron chi connectivity index (χ3n) is 17.6. The average Bonchev–Trinajstić information content (AvgIpc) is 3.16. The highest BCUT2D eigenvalue weighted by Crippen LogP contribution is 2.76. The lowest BCUT2D eigenvalue weighted by molar-refractivity contribution is -0.328. The van der Waals surface area contributed by atoms with Crippen LogP contribution in [0.3, 0.4) is 0 Å². The molecule has 0 aromatic carbocycles. The summed E-state index contributed by atoms with van der Waals surface area (Å²) in [7, 11) is -4.69. The molecule has 0 aromatic rings. The molecule has 0 amide bonds. The Kier molecular flexibility index (Phi) is 12.2. The van der Waals surface area contributed by atoms with E-state index in [4.69, 9.17) is 18.9 Å². The van der Waals surface area contributed by atoms with Gasteiger partial charge in [-0.15, -0.1) is 0 Å². The van der Waals surface area contributed by atoms with E-state index in [-0.39, 0.29) is 35.0 Å². The van der Waals surface area contributed by atoms with Gasteiger partial charge in [0, 0.05) is 5.41 Å². The van der Waals surface area contributed by atoms with Gasteiger partial charge in [0.15, 0.2) is 6.29 Å². The number of aliphatic hydroxyl groups is 9. The molecule has 2 aliphatic heterocycles. The lowest BCUT2D eigenvalue weighted by atomic mass is 9.33. The van der Waals surface area contributed by atoms with E-state index >= 15 is 0 Å². The van der Waals surface area contributed by atoms with E-state index in [2.05, 4.69) is 40.7 Å². The Labute approximate surface area is 351 Å². The van der Waals surface area contributed by atoms with Crippen LogP contribution in [0.25, 0.3) is 0 Å². The molecule has 20 atom stereocenters. The molecule has 2 saturated heterocycles. The van der Waals surface area contributed by atoms with Gasteiger partial charge < -0.3 is 64.9 Å². The number of ether oxygens (including phenoxy) is 4. The van der Waals surface area contributed by atoms with E-state index in [0.29, 0.717) is 51.4 Å². The maximum Gasteiger partial charge on any atom is 0.315 e. The van der Waals surface area contributed by atoms with E-state index in [1.54, 1.807) is 6.92 Å². The van der Waals surface area contributed by atoms with Crippen molar-refractivity contribution in [3.8, 4) is 0 Å². The first kappa shape index (κ1) is 46.6. The highest BCUT2D eigenvalue weighted by molar-refractivity contribution is 7.86. The molecule has 60 heavy (non-hydrogen) atoms. The Morgan fingerprint density at radius 3 is 1.98 bits per heavy atom. The van der Waals surface area contributed by atoms with Crippen molar-refractivity contribution in [3.05, 3.63) is 11.6 Å². The van der Waals surface area contributed by atoms with Gasteiger partial charge in [0.1, 0.15) is 54.1 Å². The summed E-state index contributed by atoms with van der Waals surface area (Å²) in [5.41, 5.74) is -2.72. The number of carbonyl (C=O) groups is 1.